The van der Waals surface area contributed by atoms with Gasteiger partial charge in [0.05, 0.1) is 22.3 Å². The van der Waals surface area contributed by atoms with Crippen molar-refractivity contribution in [1.82, 2.24) is 9.80 Å². The van der Waals surface area contributed by atoms with Gasteiger partial charge < -0.3 is 14.9 Å². The van der Waals surface area contributed by atoms with Crippen molar-refractivity contribution in [3.63, 3.8) is 0 Å². The Hall–Kier alpha value is -5.20. The monoisotopic (exact) mass is 536 g/mol. The third-order valence-corrected chi connectivity index (χ3v) is 6.28. The largest absolute Gasteiger partial charge is 0.481 e. The lowest BCUT2D eigenvalue weighted by Crippen LogP contribution is -2.50. The predicted molar refractivity (Wildman–Crippen MR) is 126 cm³/mol. The zero-order chi connectivity index (χ0) is 28.4. The van der Waals surface area contributed by atoms with Crippen LogP contribution < -0.4 is 0 Å². The van der Waals surface area contributed by atoms with Gasteiger partial charge in [0, 0.05) is 12.8 Å². The number of imide groups is 2. The summed E-state index contributed by atoms with van der Waals surface area (Å²) in [5.41, 5.74) is -0.140. The van der Waals surface area contributed by atoms with E-state index >= 15 is 0 Å². The Labute approximate surface area is 219 Å². The highest BCUT2D eigenvalue weighted by molar-refractivity contribution is 6.24. The van der Waals surface area contributed by atoms with E-state index in [2.05, 4.69) is 0 Å². The van der Waals surface area contributed by atoms with Crippen LogP contribution in [0.4, 0.5) is 0 Å². The van der Waals surface area contributed by atoms with Gasteiger partial charge >= 0.3 is 23.9 Å². The Morgan fingerprint density at radius 1 is 0.590 bits per heavy atom. The molecule has 4 rings (SSSR count). The van der Waals surface area contributed by atoms with Crippen LogP contribution in [-0.4, -0.2) is 79.6 Å². The van der Waals surface area contributed by atoms with Crippen molar-refractivity contribution >= 4 is 47.5 Å². The molecule has 2 N–H and O–H groups in total. The number of benzene rings is 2. The normalized spacial score (nSPS) is 15.6. The van der Waals surface area contributed by atoms with Crippen LogP contribution in [0.15, 0.2) is 48.5 Å². The molecule has 2 unspecified atom stereocenters. The fourth-order valence-corrected chi connectivity index (χ4v) is 4.44. The zero-order valence-corrected chi connectivity index (χ0v) is 20.1. The van der Waals surface area contributed by atoms with Gasteiger partial charge in [-0.25, -0.2) is 9.59 Å². The van der Waals surface area contributed by atoms with Crippen molar-refractivity contribution in [2.75, 3.05) is 0 Å². The fraction of sp³-hybridized carbons (Fsp3) is 0.231. The number of carboxylic acid groups (broad SMARTS) is 2. The smallest absolute Gasteiger partial charge is 0.337 e. The van der Waals surface area contributed by atoms with Crippen molar-refractivity contribution < 1.29 is 53.3 Å². The predicted octanol–water partition coefficient (Wildman–Crippen LogP) is 1.12. The average Bonchev–Trinajstić information content (AvgIpc) is 3.30. The van der Waals surface area contributed by atoms with Crippen molar-refractivity contribution in [2.24, 2.45) is 0 Å². The molecule has 13 heteroatoms. The van der Waals surface area contributed by atoms with Gasteiger partial charge in [-0.1, -0.05) is 24.3 Å². The van der Waals surface area contributed by atoms with Gasteiger partial charge in [-0.05, 0) is 37.1 Å². The minimum Gasteiger partial charge on any atom is -0.481 e. The first-order chi connectivity index (χ1) is 18.5. The summed E-state index contributed by atoms with van der Waals surface area (Å²) in [7, 11) is 0. The number of carbonyl (C=O) groups is 8. The maximum Gasteiger partial charge on any atom is 0.337 e. The molecule has 0 aromatic heterocycles. The van der Waals surface area contributed by atoms with Gasteiger partial charge in [0.1, 0.15) is 12.1 Å². The summed E-state index contributed by atoms with van der Waals surface area (Å²) in [6.07, 6.45) is -2.55. The molecule has 0 bridgehead atoms. The van der Waals surface area contributed by atoms with E-state index in [1.165, 1.54) is 48.5 Å². The standard InChI is InChI=1S/C26H20N2O11/c29-19(30)11-9-17(27-21(33)13-5-1-2-6-14(13)22(27)34)25(37)39-26(38)18(10-12-20(31)32)28-23(35)15-7-3-4-8-16(15)24(28)36/h1-8,17-18H,9-12H2,(H,29,30)(H,31,32). The van der Waals surface area contributed by atoms with Crippen molar-refractivity contribution in [2.45, 2.75) is 37.8 Å². The van der Waals surface area contributed by atoms with Gasteiger partial charge in [-0.2, -0.15) is 0 Å². The molecule has 200 valence electrons. The summed E-state index contributed by atoms with van der Waals surface area (Å²) in [5, 5.41) is 18.3. The molecule has 2 heterocycles. The first-order valence-electron chi connectivity index (χ1n) is 11.7. The number of ether oxygens (including phenoxy) is 1. The molecule has 4 amide bonds. The number of hydrogen-bond donors (Lipinski definition) is 2. The molecule has 0 radical (unpaired) electrons. The third-order valence-electron chi connectivity index (χ3n) is 6.28. The summed E-state index contributed by atoms with van der Waals surface area (Å²) < 4.78 is 4.90. The van der Waals surface area contributed by atoms with Gasteiger partial charge in [0.2, 0.25) is 0 Å². The van der Waals surface area contributed by atoms with Crippen LogP contribution in [-0.2, 0) is 23.9 Å². The van der Waals surface area contributed by atoms with Crippen LogP contribution in [0.2, 0.25) is 0 Å². The molecule has 2 aliphatic rings. The van der Waals surface area contributed by atoms with Crippen LogP contribution in [0.5, 0.6) is 0 Å². The van der Waals surface area contributed by atoms with E-state index in [4.69, 9.17) is 14.9 Å². The van der Waals surface area contributed by atoms with Crippen LogP contribution in [0.25, 0.3) is 0 Å². The Morgan fingerprint density at radius 2 is 0.872 bits per heavy atom. The highest BCUT2D eigenvalue weighted by Crippen LogP contribution is 2.29. The SMILES string of the molecule is O=C(O)CCC(C(=O)OC(=O)C(CCC(=O)O)N1C(=O)c2ccccc2C1=O)N1C(=O)c2ccccc2C1=O. The molecular formula is C26H20N2O11. The van der Waals surface area contributed by atoms with Crippen molar-refractivity contribution in [3.05, 3.63) is 70.8 Å². The third kappa shape index (κ3) is 5.01. The quantitative estimate of drug-likeness (QED) is 0.251. The van der Waals surface area contributed by atoms with Crippen LogP contribution >= 0.6 is 0 Å². The second-order valence-electron chi connectivity index (χ2n) is 8.69. The van der Waals surface area contributed by atoms with Gasteiger partial charge in [0.15, 0.2) is 0 Å². The highest BCUT2D eigenvalue weighted by atomic mass is 16.6. The number of rotatable bonds is 10. The molecule has 0 fully saturated rings. The molecule has 2 aliphatic heterocycles. The number of carboxylic acids is 2. The minimum absolute atomic E-state index is 0.0349. The molecule has 0 aliphatic carbocycles. The number of hydrogen-bond acceptors (Lipinski definition) is 9. The number of esters is 2. The van der Waals surface area contributed by atoms with Crippen LogP contribution in [0, 0.1) is 0 Å². The second kappa shape index (κ2) is 10.7. The lowest BCUT2D eigenvalue weighted by Gasteiger charge is -2.27. The lowest BCUT2D eigenvalue weighted by molar-refractivity contribution is -0.165. The van der Waals surface area contributed by atoms with Crippen LogP contribution in [0.1, 0.15) is 67.1 Å². The maximum absolute atomic E-state index is 13.1. The molecule has 2 aromatic carbocycles. The van der Waals surface area contributed by atoms with Crippen molar-refractivity contribution in [1.29, 1.82) is 0 Å². The molecule has 39 heavy (non-hydrogen) atoms. The van der Waals surface area contributed by atoms with Gasteiger partial charge in [-0.3, -0.25) is 38.6 Å². The molecule has 2 atom stereocenters. The summed E-state index contributed by atoms with van der Waals surface area (Å²) in [4.78, 5) is 101. The second-order valence-corrected chi connectivity index (χ2v) is 8.69. The number of aliphatic carboxylic acids is 2. The van der Waals surface area contributed by atoms with Gasteiger partial charge in [-0.15, -0.1) is 0 Å². The summed E-state index contributed by atoms with van der Waals surface area (Å²) in [5.74, 6) is -9.30. The first kappa shape index (κ1) is 26.9. The molecule has 13 nitrogen and oxygen atoms in total. The summed E-state index contributed by atoms with van der Waals surface area (Å²) in [6.45, 7) is 0. The van der Waals surface area contributed by atoms with E-state index in [0.717, 1.165) is 0 Å². The fourth-order valence-electron chi connectivity index (χ4n) is 4.44. The van der Waals surface area contributed by atoms with Crippen molar-refractivity contribution in [3.8, 4) is 0 Å². The number of amides is 4. The Morgan fingerprint density at radius 3 is 1.13 bits per heavy atom. The molecule has 0 spiro atoms. The van der Waals surface area contributed by atoms with E-state index in [1.54, 1.807) is 0 Å². The number of fused-ring (bicyclic) bond motifs is 2. The zero-order valence-electron chi connectivity index (χ0n) is 20.1. The Bertz CT molecular complexity index is 1270. The topological polar surface area (TPSA) is 193 Å². The maximum atomic E-state index is 13.1. The Kier molecular flexibility index (Phi) is 7.33. The average molecular weight is 536 g/mol. The molecule has 2 aromatic rings. The first-order valence-corrected chi connectivity index (χ1v) is 11.7. The van der Waals surface area contributed by atoms with E-state index in [-0.39, 0.29) is 22.3 Å². The van der Waals surface area contributed by atoms with E-state index in [9.17, 15) is 38.4 Å². The van der Waals surface area contributed by atoms with E-state index in [1.807, 2.05) is 0 Å². The summed E-state index contributed by atoms with van der Waals surface area (Å²) in [6, 6.07) is 7.62. The highest BCUT2D eigenvalue weighted by Gasteiger charge is 2.47. The van der Waals surface area contributed by atoms with E-state index < -0.39 is 85.3 Å². The molecular weight excluding hydrogens is 516 g/mol. The van der Waals surface area contributed by atoms with E-state index in [0.29, 0.717) is 9.80 Å². The minimum atomic E-state index is -1.83. The number of nitrogens with zero attached hydrogens (tertiary/aromatic N) is 2. The van der Waals surface area contributed by atoms with Crippen LogP contribution in [0.3, 0.4) is 0 Å². The molecule has 0 saturated carbocycles. The van der Waals surface area contributed by atoms with Gasteiger partial charge in [0.25, 0.3) is 23.6 Å². The summed E-state index contributed by atoms with van der Waals surface area (Å²) >= 11 is 0. The number of carbonyl (C=O) groups excluding carboxylic acids is 6. The molecule has 0 saturated heterocycles. The Balaban J connectivity index is 1.62. The lowest BCUT2D eigenvalue weighted by atomic mass is 10.1.